The second-order valence-corrected chi connectivity index (χ2v) is 7.02. The molecule has 2 heterocycles. The van der Waals surface area contributed by atoms with Crippen LogP contribution in [0.4, 0.5) is 23.1 Å². The van der Waals surface area contributed by atoms with E-state index in [4.69, 9.17) is 0 Å². The lowest BCUT2D eigenvalue weighted by Crippen LogP contribution is -2.21. The molecule has 29 heavy (non-hydrogen) atoms. The molecule has 1 N–H and O–H groups in total. The normalized spacial score (nSPS) is 10.7. The number of nitrogens with one attached hydrogen (secondary N) is 1. The minimum absolute atomic E-state index is 0.155. The molecule has 0 saturated heterocycles. The Balaban J connectivity index is 2.03. The highest BCUT2D eigenvalue weighted by atomic mass is 16.6. The SMILES string of the molecule is CC(C)CCNc1ncnc(N(Cc2ccccc2)c2ccccn2)c1[N+](=O)[O-]. The molecule has 2 aromatic heterocycles. The summed E-state index contributed by atoms with van der Waals surface area (Å²) in [4.78, 5) is 26.1. The van der Waals surface area contributed by atoms with Crippen molar-refractivity contribution >= 4 is 23.1 Å². The molecule has 0 saturated carbocycles. The Kier molecular flexibility index (Phi) is 6.67. The maximum absolute atomic E-state index is 12.0. The zero-order valence-corrected chi connectivity index (χ0v) is 16.5. The van der Waals surface area contributed by atoms with Crippen LogP contribution < -0.4 is 10.2 Å². The molecule has 0 fully saturated rings. The lowest BCUT2D eigenvalue weighted by atomic mass is 10.1. The predicted octanol–water partition coefficient (Wildman–Crippen LogP) is 4.58. The van der Waals surface area contributed by atoms with Crippen molar-refractivity contribution in [1.29, 1.82) is 0 Å². The van der Waals surface area contributed by atoms with Crippen LogP contribution in [-0.4, -0.2) is 26.4 Å². The Morgan fingerprint density at radius 2 is 1.83 bits per heavy atom. The maximum atomic E-state index is 12.0. The molecule has 0 radical (unpaired) electrons. The molecular weight excluding hydrogens is 368 g/mol. The number of pyridine rings is 1. The highest BCUT2D eigenvalue weighted by Gasteiger charge is 2.28. The average molecular weight is 392 g/mol. The second kappa shape index (κ2) is 9.59. The summed E-state index contributed by atoms with van der Waals surface area (Å²) in [5.74, 6) is 1.48. The molecule has 0 aliphatic carbocycles. The van der Waals surface area contributed by atoms with Crippen LogP contribution in [0.5, 0.6) is 0 Å². The molecule has 0 unspecified atom stereocenters. The Morgan fingerprint density at radius 3 is 2.48 bits per heavy atom. The number of anilines is 3. The van der Waals surface area contributed by atoms with Crippen LogP contribution in [-0.2, 0) is 6.54 Å². The van der Waals surface area contributed by atoms with Crippen molar-refractivity contribution in [3.63, 3.8) is 0 Å². The van der Waals surface area contributed by atoms with E-state index in [2.05, 4.69) is 34.1 Å². The van der Waals surface area contributed by atoms with Gasteiger partial charge in [0.05, 0.1) is 11.5 Å². The summed E-state index contributed by atoms with van der Waals surface area (Å²) in [6, 6.07) is 15.2. The van der Waals surface area contributed by atoms with Crippen molar-refractivity contribution in [3.8, 4) is 0 Å². The quantitative estimate of drug-likeness (QED) is 0.420. The fraction of sp³-hybridized carbons (Fsp3) is 0.286. The van der Waals surface area contributed by atoms with Gasteiger partial charge in [-0.05, 0) is 30.0 Å². The minimum atomic E-state index is -0.437. The molecule has 1 aromatic carbocycles. The topological polar surface area (TPSA) is 97.1 Å². The van der Waals surface area contributed by atoms with Gasteiger partial charge in [-0.3, -0.25) is 10.1 Å². The van der Waals surface area contributed by atoms with Gasteiger partial charge >= 0.3 is 5.69 Å². The lowest BCUT2D eigenvalue weighted by molar-refractivity contribution is -0.383. The van der Waals surface area contributed by atoms with Gasteiger partial charge in [-0.1, -0.05) is 50.2 Å². The molecule has 0 aliphatic rings. The molecule has 8 heteroatoms. The third-order valence-corrected chi connectivity index (χ3v) is 4.36. The molecule has 0 spiro atoms. The van der Waals surface area contributed by atoms with Gasteiger partial charge in [-0.15, -0.1) is 0 Å². The Morgan fingerprint density at radius 1 is 1.07 bits per heavy atom. The fourth-order valence-corrected chi connectivity index (χ4v) is 2.89. The number of nitro groups is 1. The molecular formula is C21H24N6O2. The van der Waals surface area contributed by atoms with Gasteiger partial charge in [0.1, 0.15) is 12.1 Å². The van der Waals surface area contributed by atoms with E-state index in [-0.39, 0.29) is 17.3 Å². The Hall–Kier alpha value is -3.55. The number of hydrogen-bond acceptors (Lipinski definition) is 7. The summed E-state index contributed by atoms with van der Waals surface area (Å²) < 4.78 is 0. The molecule has 0 bridgehead atoms. The number of aromatic nitrogens is 3. The highest BCUT2D eigenvalue weighted by Crippen LogP contribution is 2.36. The zero-order valence-electron chi connectivity index (χ0n) is 16.5. The van der Waals surface area contributed by atoms with E-state index >= 15 is 0 Å². The van der Waals surface area contributed by atoms with Crippen molar-refractivity contribution in [1.82, 2.24) is 15.0 Å². The molecule has 150 valence electrons. The van der Waals surface area contributed by atoms with Crippen molar-refractivity contribution in [2.45, 2.75) is 26.8 Å². The summed E-state index contributed by atoms with van der Waals surface area (Å²) in [7, 11) is 0. The number of nitrogens with zero attached hydrogens (tertiary/aromatic N) is 5. The standard InChI is InChI=1S/C21H24N6O2/c1-16(2)11-13-23-20-19(27(28)29)21(25-15-24-20)26(18-10-6-7-12-22-18)14-17-8-4-3-5-9-17/h3-10,12,15-16H,11,13-14H2,1-2H3,(H,23,24,25). The van der Waals surface area contributed by atoms with Gasteiger partial charge in [0.15, 0.2) is 0 Å². The van der Waals surface area contributed by atoms with Crippen LogP contribution >= 0.6 is 0 Å². The number of benzene rings is 1. The third-order valence-electron chi connectivity index (χ3n) is 4.36. The molecule has 8 nitrogen and oxygen atoms in total. The fourth-order valence-electron chi connectivity index (χ4n) is 2.89. The first kappa shape index (κ1) is 20.2. The van der Waals surface area contributed by atoms with Crippen molar-refractivity contribution < 1.29 is 4.92 Å². The van der Waals surface area contributed by atoms with Crippen LogP contribution in [0.25, 0.3) is 0 Å². The van der Waals surface area contributed by atoms with Gasteiger partial charge in [0.25, 0.3) is 0 Å². The summed E-state index contributed by atoms with van der Waals surface area (Å²) in [6.07, 6.45) is 3.88. The molecule has 0 amide bonds. The van der Waals surface area contributed by atoms with E-state index in [9.17, 15) is 10.1 Å². The van der Waals surface area contributed by atoms with Crippen LogP contribution in [0.2, 0.25) is 0 Å². The first-order valence-corrected chi connectivity index (χ1v) is 9.52. The number of rotatable bonds is 9. The molecule has 3 rings (SSSR count). The van der Waals surface area contributed by atoms with E-state index in [1.165, 1.54) is 6.33 Å². The molecule has 0 aliphatic heterocycles. The predicted molar refractivity (Wildman–Crippen MR) is 113 cm³/mol. The monoisotopic (exact) mass is 392 g/mol. The second-order valence-electron chi connectivity index (χ2n) is 7.02. The van der Waals surface area contributed by atoms with E-state index in [0.717, 1.165) is 12.0 Å². The smallest absolute Gasteiger partial charge is 0.353 e. The molecule has 0 atom stereocenters. The third kappa shape index (κ3) is 5.25. The summed E-state index contributed by atoms with van der Waals surface area (Å²) >= 11 is 0. The lowest BCUT2D eigenvalue weighted by Gasteiger charge is -2.23. The first-order chi connectivity index (χ1) is 14.1. The molecule has 3 aromatic rings. The van der Waals surface area contributed by atoms with Gasteiger partial charge in [-0.2, -0.15) is 0 Å². The zero-order chi connectivity index (χ0) is 20.6. The largest absolute Gasteiger partial charge is 0.364 e. The van der Waals surface area contributed by atoms with Crippen LogP contribution in [0.3, 0.4) is 0 Å². The van der Waals surface area contributed by atoms with Crippen molar-refractivity contribution in [3.05, 3.63) is 76.7 Å². The Bertz CT molecular complexity index is 934. The van der Waals surface area contributed by atoms with Crippen LogP contribution in [0.1, 0.15) is 25.8 Å². The van der Waals surface area contributed by atoms with Crippen molar-refractivity contribution in [2.75, 3.05) is 16.8 Å². The van der Waals surface area contributed by atoms with E-state index < -0.39 is 4.92 Å². The summed E-state index contributed by atoms with van der Waals surface area (Å²) in [6.45, 7) is 5.19. The average Bonchev–Trinajstić information content (AvgIpc) is 2.73. The van der Waals surface area contributed by atoms with E-state index in [0.29, 0.717) is 24.8 Å². The summed E-state index contributed by atoms with van der Waals surface area (Å²) in [5.41, 5.74) is 0.832. The Labute approximate surface area is 169 Å². The van der Waals surface area contributed by atoms with Crippen LogP contribution in [0, 0.1) is 16.0 Å². The van der Waals surface area contributed by atoms with Crippen molar-refractivity contribution in [2.24, 2.45) is 5.92 Å². The summed E-state index contributed by atoms with van der Waals surface area (Å²) in [5, 5.41) is 15.1. The maximum Gasteiger partial charge on any atom is 0.353 e. The van der Waals surface area contributed by atoms with E-state index in [1.54, 1.807) is 23.2 Å². The number of hydrogen-bond donors (Lipinski definition) is 1. The van der Waals surface area contributed by atoms with Crippen LogP contribution in [0.15, 0.2) is 61.1 Å². The van der Waals surface area contributed by atoms with Gasteiger partial charge in [-0.25, -0.2) is 15.0 Å². The highest BCUT2D eigenvalue weighted by molar-refractivity contribution is 5.74. The first-order valence-electron chi connectivity index (χ1n) is 9.52. The van der Waals surface area contributed by atoms with Gasteiger partial charge in [0.2, 0.25) is 11.6 Å². The van der Waals surface area contributed by atoms with Gasteiger partial charge < -0.3 is 10.2 Å². The minimum Gasteiger partial charge on any atom is -0.364 e. The van der Waals surface area contributed by atoms with E-state index in [1.807, 2.05) is 36.4 Å². The van der Waals surface area contributed by atoms with Gasteiger partial charge in [0, 0.05) is 12.7 Å².